The van der Waals surface area contributed by atoms with Gasteiger partial charge in [-0.2, -0.15) is 4.98 Å². The molecule has 3 unspecified atom stereocenters. The molecule has 16 heteroatoms. The molecular weight excluding hydrogens is 613 g/mol. The maximum Gasteiger partial charge on any atom is 0.407 e. The number of aromatic nitrogens is 4. The molecule has 1 aliphatic heterocycles. The predicted octanol–water partition coefficient (Wildman–Crippen LogP) is 3.67. The predicted molar refractivity (Wildman–Crippen MR) is 158 cm³/mol. The van der Waals surface area contributed by atoms with Gasteiger partial charge in [-0.3, -0.25) is 9.36 Å². The first-order valence-electron chi connectivity index (χ1n) is 14.6. The molecule has 1 aliphatic carbocycles. The van der Waals surface area contributed by atoms with Crippen molar-refractivity contribution in [2.24, 2.45) is 0 Å². The number of carbonyl (C=O) groups excluding carboxylic acids is 2. The third kappa shape index (κ3) is 8.64. The van der Waals surface area contributed by atoms with Crippen molar-refractivity contribution in [3.8, 4) is 5.82 Å². The second-order valence-corrected chi connectivity index (χ2v) is 11.6. The number of amides is 2. The van der Waals surface area contributed by atoms with Gasteiger partial charge in [0, 0.05) is 61.6 Å². The number of halogens is 2. The molecule has 5 N–H and O–H groups in total. The van der Waals surface area contributed by atoms with Crippen LogP contribution < -0.4 is 16.0 Å². The van der Waals surface area contributed by atoms with E-state index >= 15 is 0 Å². The van der Waals surface area contributed by atoms with Crippen LogP contribution in [0, 0.1) is 12.7 Å². The molecule has 242 valence electrons. The Hall–Kier alpha value is -3.89. The summed E-state index contributed by atoms with van der Waals surface area (Å²) < 4.78 is 26.7. The molecule has 2 fully saturated rings. The summed E-state index contributed by atoms with van der Waals surface area (Å²) in [6.07, 6.45) is 5.78. The molecule has 0 spiro atoms. The van der Waals surface area contributed by atoms with E-state index < -0.39 is 35.8 Å². The summed E-state index contributed by atoms with van der Waals surface area (Å²) in [5.74, 6) is -2.04. The van der Waals surface area contributed by atoms with Crippen molar-refractivity contribution in [3.05, 3.63) is 64.6 Å². The van der Waals surface area contributed by atoms with Gasteiger partial charge in [0.05, 0.1) is 6.04 Å². The molecule has 0 radical (unpaired) electrons. The van der Waals surface area contributed by atoms with Crippen LogP contribution in [0.4, 0.5) is 15.1 Å². The number of anilines is 1. The fourth-order valence-corrected chi connectivity index (χ4v) is 5.56. The molecule has 2 aromatic heterocycles. The number of hydrogen-bond acceptors (Lipinski definition) is 11. The van der Waals surface area contributed by atoms with Gasteiger partial charge in [0.15, 0.2) is 0 Å². The van der Waals surface area contributed by atoms with Crippen molar-refractivity contribution in [2.75, 3.05) is 25.1 Å². The van der Waals surface area contributed by atoms with Crippen LogP contribution in [-0.2, 0) is 14.4 Å². The van der Waals surface area contributed by atoms with E-state index in [0.29, 0.717) is 43.4 Å². The van der Waals surface area contributed by atoms with E-state index in [1.165, 1.54) is 24.7 Å². The van der Waals surface area contributed by atoms with E-state index in [1.807, 2.05) is 6.92 Å². The van der Waals surface area contributed by atoms with Gasteiger partial charge < -0.3 is 30.5 Å². The van der Waals surface area contributed by atoms with Gasteiger partial charge >= 0.3 is 6.09 Å². The summed E-state index contributed by atoms with van der Waals surface area (Å²) in [5, 5.41) is 27.9. The Kier molecular flexibility index (Phi) is 10.5. The molecule has 2 aliphatic rings. The normalized spacial score (nSPS) is 21.1. The molecule has 1 saturated carbocycles. The number of rotatable bonds is 10. The van der Waals surface area contributed by atoms with Crippen LogP contribution in [0.5, 0.6) is 0 Å². The van der Waals surface area contributed by atoms with Crippen LogP contribution in [0.15, 0.2) is 36.9 Å². The summed E-state index contributed by atoms with van der Waals surface area (Å²) in [5.41, 5.74) is 1.10. The van der Waals surface area contributed by atoms with E-state index in [0.717, 1.165) is 24.5 Å². The smallest absolute Gasteiger partial charge is 0.407 e. The summed E-state index contributed by atoms with van der Waals surface area (Å²) >= 11 is 6.08. The number of nitrogens with one attached hydrogen (secondary N) is 3. The SMILES string of the molecule is Cc1cnc(NC2CCOCC2)nc1-n1cnc(C(=O)NC(CNC(=O)OC2CCCC(O)(OO)C2)c2cc(F)cc(Cl)c2)c1. The van der Waals surface area contributed by atoms with Crippen LogP contribution in [0.3, 0.4) is 0 Å². The average molecular weight is 648 g/mol. The molecule has 1 aromatic carbocycles. The summed E-state index contributed by atoms with van der Waals surface area (Å²) in [6.45, 7) is 2.99. The highest BCUT2D eigenvalue weighted by Gasteiger charge is 2.37. The molecule has 3 atom stereocenters. The average Bonchev–Trinajstić information content (AvgIpc) is 3.51. The van der Waals surface area contributed by atoms with Crippen molar-refractivity contribution in [1.82, 2.24) is 30.2 Å². The van der Waals surface area contributed by atoms with Gasteiger partial charge in [-0.15, -0.1) is 0 Å². The van der Waals surface area contributed by atoms with E-state index in [2.05, 4.69) is 35.8 Å². The number of hydrogen-bond donors (Lipinski definition) is 5. The lowest BCUT2D eigenvalue weighted by Crippen LogP contribution is -2.43. The molecule has 5 rings (SSSR count). The minimum atomic E-state index is -1.80. The fraction of sp³-hybridized carbons (Fsp3) is 0.483. The molecule has 14 nitrogen and oxygen atoms in total. The Morgan fingerprint density at radius 3 is 2.80 bits per heavy atom. The standard InChI is InChI=1S/C29H35ClFN7O7/c1-17-13-32-27(35-21-4-7-43-8-5-21)37-25(17)38-15-24(34-16-38)26(39)36-23(18-9-19(30)11-20(31)10-18)14-33-28(40)44-22-3-2-6-29(41,12-22)45-42/h9-11,13,15-16,21-23,41-42H,2-8,12,14H2,1H3,(H,33,40)(H,36,39)(H,32,35,37). The minimum Gasteiger partial charge on any atom is -0.446 e. The zero-order valence-electron chi connectivity index (χ0n) is 24.5. The van der Waals surface area contributed by atoms with Crippen molar-refractivity contribution in [3.63, 3.8) is 0 Å². The summed E-state index contributed by atoms with van der Waals surface area (Å²) in [7, 11) is 0. The maximum atomic E-state index is 14.3. The Morgan fingerprint density at radius 2 is 2.04 bits per heavy atom. The Balaban J connectivity index is 1.27. The van der Waals surface area contributed by atoms with Crippen LogP contribution in [0.1, 0.15) is 66.2 Å². The highest BCUT2D eigenvalue weighted by molar-refractivity contribution is 6.30. The van der Waals surface area contributed by atoms with Crippen molar-refractivity contribution < 1.29 is 38.7 Å². The molecular formula is C29H35ClFN7O7. The number of imidazole rings is 1. The van der Waals surface area contributed by atoms with Crippen molar-refractivity contribution >= 4 is 29.5 Å². The molecule has 1 saturated heterocycles. The van der Waals surface area contributed by atoms with Crippen LogP contribution in [0.25, 0.3) is 5.82 Å². The van der Waals surface area contributed by atoms with Crippen molar-refractivity contribution in [1.29, 1.82) is 0 Å². The number of carbonyl (C=O) groups is 2. The Bertz CT molecular complexity index is 1490. The second-order valence-electron chi connectivity index (χ2n) is 11.2. The van der Waals surface area contributed by atoms with Crippen molar-refractivity contribution in [2.45, 2.75) is 69.4 Å². The lowest BCUT2D eigenvalue weighted by atomic mass is 9.92. The monoisotopic (exact) mass is 647 g/mol. The summed E-state index contributed by atoms with van der Waals surface area (Å²) in [4.78, 5) is 43.3. The van der Waals surface area contributed by atoms with Gasteiger partial charge in [0.1, 0.15) is 29.8 Å². The maximum absolute atomic E-state index is 14.3. The quantitative estimate of drug-likeness (QED) is 0.123. The number of nitrogens with zero attached hydrogens (tertiary/aromatic N) is 4. The van der Waals surface area contributed by atoms with Gasteiger partial charge in [0.25, 0.3) is 5.91 Å². The third-order valence-corrected chi connectivity index (χ3v) is 7.90. The molecule has 2 amide bonds. The summed E-state index contributed by atoms with van der Waals surface area (Å²) in [6, 6.07) is 3.05. The minimum absolute atomic E-state index is 0.0486. The molecule has 0 bridgehead atoms. The van der Waals surface area contributed by atoms with E-state index in [9.17, 15) is 19.1 Å². The molecule has 3 heterocycles. The molecule has 3 aromatic rings. The fourth-order valence-electron chi connectivity index (χ4n) is 5.33. The number of aryl methyl sites for hydroxylation is 1. The van der Waals surface area contributed by atoms with Gasteiger partial charge in [0.2, 0.25) is 11.7 Å². The van der Waals surface area contributed by atoms with Gasteiger partial charge in [-0.05, 0) is 56.4 Å². The number of benzene rings is 1. The Labute approximate surface area is 263 Å². The van der Waals surface area contributed by atoms with E-state index in [-0.39, 0.29) is 36.1 Å². The van der Waals surface area contributed by atoms with Crippen LogP contribution in [-0.4, -0.2) is 79.6 Å². The van der Waals surface area contributed by atoms with Gasteiger partial charge in [-0.1, -0.05) is 11.6 Å². The zero-order valence-corrected chi connectivity index (χ0v) is 25.3. The first-order chi connectivity index (χ1) is 21.6. The topological polar surface area (TPSA) is 182 Å². The first-order valence-corrected chi connectivity index (χ1v) is 15.0. The lowest BCUT2D eigenvalue weighted by molar-refractivity contribution is -0.403. The Morgan fingerprint density at radius 1 is 1.24 bits per heavy atom. The highest BCUT2D eigenvalue weighted by atomic mass is 35.5. The number of ether oxygens (including phenoxy) is 2. The lowest BCUT2D eigenvalue weighted by Gasteiger charge is -2.33. The molecule has 45 heavy (non-hydrogen) atoms. The zero-order chi connectivity index (χ0) is 32.0. The largest absolute Gasteiger partial charge is 0.446 e. The van der Waals surface area contributed by atoms with Crippen LogP contribution in [0.2, 0.25) is 5.02 Å². The first kappa shape index (κ1) is 32.5. The number of aliphatic hydroxyl groups is 1. The van der Waals surface area contributed by atoms with E-state index in [4.69, 9.17) is 26.3 Å². The second kappa shape index (κ2) is 14.5. The van der Waals surface area contributed by atoms with Crippen LogP contribution >= 0.6 is 11.6 Å². The van der Waals surface area contributed by atoms with E-state index in [1.54, 1.807) is 10.8 Å². The van der Waals surface area contributed by atoms with Gasteiger partial charge in [-0.25, -0.2) is 29.3 Å². The third-order valence-electron chi connectivity index (χ3n) is 7.69. The number of alkyl carbamates (subject to hydrolysis) is 1. The highest BCUT2D eigenvalue weighted by Crippen LogP contribution is 2.30.